The number of nitrogens with two attached hydrogens (primary N) is 4. The monoisotopic (exact) mass is 2120 g/mol. The number of guanidine groups is 1. The Labute approximate surface area is 864 Å². The number of hydrogen-bond donors (Lipinski definition) is 29. The number of primary amides is 1. The molecule has 5 rings (SSSR count). The first kappa shape index (κ1) is 125. The Morgan fingerprint density at radius 1 is 0.387 bits per heavy atom. The molecule has 33 N–H and O–H groups in total. The summed E-state index contributed by atoms with van der Waals surface area (Å²) in [5, 5.41) is 126. The number of nitrogens with one attached hydrogen (secondary N) is 17. The van der Waals surface area contributed by atoms with E-state index in [9.17, 15) is 146 Å². The largest absolute Gasteiger partial charge is 0.508 e. The summed E-state index contributed by atoms with van der Waals surface area (Å²) in [7, 11) is 0. The van der Waals surface area contributed by atoms with Gasteiger partial charge in [0.2, 0.25) is 112 Å². The highest BCUT2D eigenvalue weighted by Gasteiger charge is 2.48. The van der Waals surface area contributed by atoms with Gasteiger partial charge in [0.25, 0.3) is 0 Å². The van der Waals surface area contributed by atoms with Gasteiger partial charge in [0.05, 0.1) is 32.1 Å². The second-order valence-electron chi connectivity index (χ2n) is 38.3. The van der Waals surface area contributed by atoms with Crippen LogP contribution in [0.25, 0.3) is 0 Å². The van der Waals surface area contributed by atoms with Gasteiger partial charge in [0, 0.05) is 51.9 Å². The maximum Gasteiger partial charge on any atom is 0.328 e. The number of hydrogen-bond acceptors (Lipinski definition) is 30. The molecule has 0 bridgehead atoms. The molecule has 3 aliphatic rings. The second-order valence-corrected chi connectivity index (χ2v) is 38.3. The molecule has 3 saturated heterocycles. The standard InChI is InChI=1S/C95H146N24O31/c1-46(2)38-60(109-80(135)57(30-32-72(126)127)105-78(133)50(8)102-77(132)49(7)103-90(145)76(51(9)121)116-86(141)63(41-53-23-27-55(123)28-24-53)110-83(138)62(104-71(125)44-97)40-52-21-25-54(122)26-22-52)81(136)107-58(16-10-11-33-96)91(146)117-35-13-19-68(117)88(143)115-75(48(5)6)89(144)113-61(39-47(3)4)82(137)112-64(42-73(128)129)84(139)108-59(17-12-34-101-95(99)100)92(147)119-37-15-20-69(119)93(148)118-36-14-18-67(118)87(142)106-56(29-31-70(98)124)79(134)111-65(43-74(130)131)85(140)114-66(45-120)94(149)150/h21-28,46-51,56-69,75-76,120-123H,10-20,29-45,96-97H2,1-9H3,(H2,98,124)(H,102,132)(H,103,145)(H,104,125)(H,105,133)(H,106,142)(H,107,136)(H,108,139)(H,109,135)(H,110,138)(H,111,134)(H,112,137)(H,113,144)(H,114,140)(H,115,143)(H,116,141)(H,126,127)(H,128,129)(H,130,131)(H,149,150)(H4,99,100,101)/t49-,50-,51+,56-,57-,58-,59-,60-,61-,62-,63-,64-,65-,66-,67-,68-,69-,75-,76-/m0/s1. The number of carbonyl (C=O) groups excluding carboxylic acids is 19. The average molecular weight is 2120 g/mol. The number of unbranched alkanes of at least 4 members (excludes halogenated alkanes) is 1. The number of likely N-dealkylation sites (tertiary alicyclic amines) is 3. The summed E-state index contributed by atoms with van der Waals surface area (Å²) in [6.07, 6.45) is -6.53. The highest BCUT2D eigenvalue weighted by Crippen LogP contribution is 2.29. The van der Waals surface area contributed by atoms with Crippen molar-refractivity contribution in [2.45, 2.75) is 312 Å². The lowest BCUT2D eigenvalue weighted by molar-refractivity contribution is -0.148. The van der Waals surface area contributed by atoms with Crippen LogP contribution in [0.4, 0.5) is 0 Å². The Morgan fingerprint density at radius 3 is 1.21 bits per heavy atom. The van der Waals surface area contributed by atoms with E-state index >= 15 is 4.79 Å². The summed E-state index contributed by atoms with van der Waals surface area (Å²) < 4.78 is 0. The molecule has 55 nitrogen and oxygen atoms in total. The molecule has 0 unspecified atom stereocenters. The number of carboxylic acids is 4. The number of amides is 19. The van der Waals surface area contributed by atoms with Gasteiger partial charge in [-0.25, -0.2) is 4.79 Å². The van der Waals surface area contributed by atoms with Crippen LogP contribution in [0.15, 0.2) is 48.5 Å². The smallest absolute Gasteiger partial charge is 0.328 e. The number of aromatic hydroxyl groups is 2. The van der Waals surface area contributed by atoms with Gasteiger partial charge in [0.15, 0.2) is 5.96 Å². The van der Waals surface area contributed by atoms with Crippen molar-refractivity contribution in [2.24, 2.45) is 40.7 Å². The fourth-order valence-electron chi connectivity index (χ4n) is 16.8. The lowest BCUT2D eigenvalue weighted by atomic mass is 9.99. The van der Waals surface area contributed by atoms with Crippen LogP contribution in [-0.2, 0) is 123 Å². The molecule has 3 heterocycles. The maximum absolute atomic E-state index is 15.0. The third-order valence-corrected chi connectivity index (χ3v) is 24.8. The number of rotatable bonds is 63. The van der Waals surface area contributed by atoms with Gasteiger partial charge in [0.1, 0.15) is 120 Å². The average Bonchev–Trinajstić information content (AvgIpc) is 1.65. The number of aliphatic hydroxyl groups excluding tert-OH is 2. The number of benzene rings is 2. The van der Waals surface area contributed by atoms with Gasteiger partial charge in [-0.15, -0.1) is 0 Å². The van der Waals surface area contributed by atoms with Crippen molar-refractivity contribution >= 4 is 142 Å². The van der Waals surface area contributed by atoms with E-state index in [0.29, 0.717) is 17.5 Å². The van der Waals surface area contributed by atoms with E-state index in [-0.39, 0.29) is 134 Å². The van der Waals surface area contributed by atoms with E-state index in [2.05, 4.69) is 79.8 Å². The van der Waals surface area contributed by atoms with Crippen LogP contribution in [0, 0.1) is 23.2 Å². The molecule has 55 heteroatoms. The van der Waals surface area contributed by atoms with Crippen LogP contribution in [0.5, 0.6) is 11.5 Å². The lowest BCUT2D eigenvalue weighted by Gasteiger charge is -2.34. The first-order chi connectivity index (χ1) is 70.6. The first-order valence-corrected chi connectivity index (χ1v) is 49.5. The fraction of sp³-hybridized carbons (Fsp3) is 0.621. The summed E-state index contributed by atoms with van der Waals surface area (Å²) in [5.41, 5.74) is 23.2. The van der Waals surface area contributed by atoms with E-state index in [4.69, 9.17) is 28.3 Å². The molecule has 0 aromatic heterocycles. The van der Waals surface area contributed by atoms with Crippen LogP contribution in [0.1, 0.15) is 195 Å². The molecule has 19 atom stereocenters. The van der Waals surface area contributed by atoms with Gasteiger partial charge >= 0.3 is 23.9 Å². The normalized spacial score (nSPS) is 17.5. The number of phenolic OH excluding ortho intramolecular Hbond substituents is 2. The Hall–Kier alpha value is -15.0. The molecule has 3 aliphatic heterocycles. The van der Waals surface area contributed by atoms with E-state index in [1.165, 1.54) is 67.3 Å². The summed E-state index contributed by atoms with van der Waals surface area (Å²) in [6, 6.07) is -17.9. The van der Waals surface area contributed by atoms with E-state index in [1.54, 1.807) is 41.5 Å². The lowest BCUT2D eigenvalue weighted by Crippen LogP contribution is -2.61. The van der Waals surface area contributed by atoms with Gasteiger partial charge < -0.3 is 164 Å². The van der Waals surface area contributed by atoms with Crippen molar-refractivity contribution in [1.29, 1.82) is 5.41 Å². The Morgan fingerprint density at radius 2 is 0.760 bits per heavy atom. The van der Waals surface area contributed by atoms with Crippen LogP contribution in [0.3, 0.4) is 0 Å². The van der Waals surface area contributed by atoms with Crippen molar-refractivity contribution in [2.75, 3.05) is 45.9 Å². The van der Waals surface area contributed by atoms with Gasteiger partial charge in [-0.2, -0.15) is 0 Å². The zero-order valence-corrected chi connectivity index (χ0v) is 85.2. The van der Waals surface area contributed by atoms with Crippen molar-refractivity contribution < 1.29 is 151 Å². The molecule has 150 heavy (non-hydrogen) atoms. The highest BCUT2D eigenvalue weighted by molar-refractivity contribution is 6.03. The number of nitrogens with zero attached hydrogens (tertiary/aromatic N) is 3. The number of carboxylic acid groups (broad SMARTS) is 4. The Bertz CT molecular complexity index is 5090. The molecule has 0 radical (unpaired) electrons. The van der Waals surface area contributed by atoms with E-state index < -0.39 is 326 Å². The molecule has 832 valence electrons. The number of aliphatic carboxylic acids is 4. The number of carbonyl (C=O) groups is 23. The zero-order chi connectivity index (χ0) is 112. The van der Waals surface area contributed by atoms with Crippen molar-refractivity contribution in [3.05, 3.63) is 59.7 Å². The van der Waals surface area contributed by atoms with Gasteiger partial charge in [-0.1, -0.05) is 65.8 Å². The highest BCUT2D eigenvalue weighted by atomic mass is 16.4. The van der Waals surface area contributed by atoms with Crippen LogP contribution < -0.4 is 108 Å². The summed E-state index contributed by atoms with van der Waals surface area (Å²) in [4.78, 5) is 320. The third kappa shape index (κ3) is 41.2. The molecular weight excluding hydrogens is 1970 g/mol. The minimum Gasteiger partial charge on any atom is -0.508 e. The zero-order valence-electron chi connectivity index (χ0n) is 85.2. The molecule has 0 aliphatic carbocycles. The maximum atomic E-state index is 15.0. The third-order valence-electron chi connectivity index (χ3n) is 24.8. The minimum atomic E-state index is -2.02. The Balaban J connectivity index is 1.30. The van der Waals surface area contributed by atoms with Crippen LogP contribution in [-0.4, -0.2) is 358 Å². The predicted octanol–water partition coefficient (Wildman–Crippen LogP) is -8.20. The van der Waals surface area contributed by atoms with Crippen LogP contribution in [0.2, 0.25) is 0 Å². The minimum absolute atomic E-state index is 0.0130. The fourth-order valence-corrected chi connectivity index (χ4v) is 16.8. The van der Waals surface area contributed by atoms with Crippen LogP contribution >= 0.6 is 0 Å². The van der Waals surface area contributed by atoms with Gasteiger partial charge in [-0.05, 0) is 177 Å². The molecule has 2 aromatic carbocycles. The van der Waals surface area contributed by atoms with E-state index in [0.717, 1.165) is 16.7 Å². The predicted molar refractivity (Wildman–Crippen MR) is 529 cm³/mol. The van der Waals surface area contributed by atoms with Crippen molar-refractivity contribution in [1.82, 2.24) is 99.8 Å². The summed E-state index contributed by atoms with van der Waals surface area (Å²) in [6.45, 7) is 11.3. The summed E-state index contributed by atoms with van der Waals surface area (Å²) in [5.74, 6) is -28.1. The molecule has 0 spiro atoms. The molecule has 3 fully saturated rings. The van der Waals surface area contributed by atoms with Crippen molar-refractivity contribution in [3.8, 4) is 11.5 Å². The molecule has 0 saturated carbocycles. The Kier molecular flexibility index (Phi) is 51.6. The SMILES string of the molecule is CC(C)C[C@H](NC(=O)[C@H](CCC(=O)O)NC(=O)[C@H](C)NC(=O)[C@H](C)NC(=O)[C@@H](NC(=O)[C@H](Cc1ccc(O)cc1)NC(=O)[C@H](Cc1ccc(O)cc1)NC(=O)CN)[C@@H](C)O)C(=O)N[C@@H](CCCCN)C(=O)N1CCC[C@H]1C(=O)N[C@H](C(=O)N[C@@H](CC(C)C)C(=O)N[C@@H](CC(=O)O)C(=O)N[C@@H](CCCNC(=N)N)C(=O)N1CCC[C@H]1C(=O)N1CCC[C@H]1C(=O)N[C@@H](CCC(N)=O)C(=O)N[C@@H](CC(=O)O)C(=O)N[C@@H](CO)C(=O)O)C(C)C. The topological polar surface area (TPSA) is 885 Å². The second kappa shape index (κ2) is 61.7. The van der Waals surface area contributed by atoms with Crippen molar-refractivity contribution in [3.63, 3.8) is 0 Å². The van der Waals surface area contributed by atoms with E-state index in [1.807, 2.05) is 5.32 Å². The molecule has 19 amide bonds. The van der Waals surface area contributed by atoms with Gasteiger partial charge in [-0.3, -0.25) is 111 Å². The molecular formula is C95H146N24O31. The summed E-state index contributed by atoms with van der Waals surface area (Å²) >= 11 is 0. The first-order valence-electron chi connectivity index (χ1n) is 49.5. The quantitative estimate of drug-likeness (QED) is 0.0166. The number of phenols is 2. The molecule has 2 aromatic rings. The number of aliphatic hydroxyl groups is 2.